The Morgan fingerprint density at radius 2 is 1.89 bits per heavy atom. The van der Waals surface area contributed by atoms with E-state index in [-0.39, 0.29) is 24.0 Å². The van der Waals surface area contributed by atoms with Crippen molar-refractivity contribution in [2.24, 2.45) is 4.99 Å². The Hall–Kier alpha value is -1.26. The summed E-state index contributed by atoms with van der Waals surface area (Å²) in [5, 5.41) is 6.76. The number of guanidine groups is 1. The van der Waals surface area contributed by atoms with Crippen LogP contribution in [0.5, 0.6) is 11.5 Å². The molecule has 0 spiro atoms. The van der Waals surface area contributed by atoms with E-state index in [1.807, 2.05) is 25.1 Å². The molecule has 1 aromatic carbocycles. The maximum atomic E-state index is 5.64. The molecule has 2 rings (SSSR count). The molecule has 0 aliphatic carbocycles. The molecule has 2 N–H and O–H groups in total. The first-order chi connectivity index (χ1) is 13.1. The smallest absolute Gasteiger partial charge is 0.195 e. The topological polar surface area (TPSA) is 61.4 Å². The first-order valence-electron chi connectivity index (χ1n) is 9.86. The van der Waals surface area contributed by atoms with Gasteiger partial charge in [0.2, 0.25) is 0 Å². The zero-order valence-corrected chi connectivity index (χ0v) is 20.2. The molecule has 7 nitrogen and oxygen atoms in total. The highest BCUT2D eigenvalue weighted by molar-refractivity contribution is 14.0. The average Bonchev–Trinajstić information content (AvgIpc) is 2.71. The van der Waals surface area contributed by atoms with Crippen molar-refractivity contribution in [1.82, 2.24) is 15.1 Å². The molecule has 1 aromatic rings. The molecule has 1 aliphatic rings. The number of rotatable bonds is 8. The SMILES string of the molecule is CCOc1cc(NC(=NC)NCC(C)N2CCN(CC)CC2)ccc1OC.I. The van der Waals surface area contributed by atoms with Gasteiger partial charge in [0.15, 0.2) is 17.5 Å². The predicted molar refractivity (Wildman–Crippen MR) is 128 cm³/mol. The monoisotopic (exact) mass is 505 g/mol. The van der Waals surface area contributed by atoms with Crippen molar-refractivity contribution in [1.29, 1.82) is 0 Å². The highest BCUT2D eigenvalue weighted by atomic mass is 127. The minimum atomic E-state index is 0. The molecule has 28 heavy (non-hydrogen) atoms. The van der Waals surface area contributed by atoms with Crippen LogP contribution in [0.2, 0.25) is 0 Å². The number of nitrogens with one attached hydrogen (secondary N) is 2. The molecule has 1 unspecified atom stereocenters. The highest BCUT2D eigenvalue weighted by Gasteiger charge is 2.20. The Kier molecular flexibility index (Phi) is 11.6. The van der Waals surface area contributed by atoms with Gasteiger partial charge < -0.3 is 25.0 Å². The molecule has 0 amide bonds. The van der Waals surface area contributed by atoms with E-state index >= 15 is 0 Å². The van der Waals surface area contributed by atoms with Gasteiger partial charge in [-0.3, -0.25) is 9.89 Å². The molecule has 1 saturated heterocycles. The van der Waals surface area contributed by atoms with Gasteiger partial charge in [0.1, 0.15) is 0 Å². The third-order valence-corrected chi connectivity index (χ3v) is 4.99. The molecule has 0 saturated carbocycles. The van der Waals surface area contributed by atoms with E-state index in [2.05, 4.69) is 39.3 Å². The van der Waals surface area contributed by atoms with Crippen molar-refractivity contribution in [3.05, 3.63) is 18.2 Å². The molecule has 0 radical (unpaired) electrons. The van der Waals surface area contributed by atoms with Crippen LogP contribution in [0.1, 0.15) is 20.8 Å². The zero-order valence-electron chi connectivity index (χ0n) is 17.8. The van der Waals surface area contributed by atoms with Gasteiger partial charge in [0.05, 0.1) is 13.7 Å². The number of nitrogens with zero attached hydrogens (tertiary/aromatic N) is 3. The van der Waals surface area contributed by atoms with Crippen molar-refractivity contribution in [2.45, 2.75) is 26.8 Å². The van der Waals surface area contributed by atoms with Crippen LogP contribution in [0.25, 0.3) is 0 Å². The molecule has 0 bridgehead atoms. The van der Waals surface area contributed by atoms with E-state index in [4.69, 9.17) is 9.47 Å². The molecule has 1 aliphatic heterocycles. The fourth-order valence-electron chi connectivity index (χ4n) is 3.23. The van der Waals surface area contributed by atoms with E-state index < -0.39 is 0 Å². The quantitative estimate of drug-likeness (QED) is 0.322. The molecule has 1 atom stereocenters. The van der Waals surface area contributed by atoms with Crippen molar-refractivity contribution in [3.8, 4) is 11.5 Å². The van der Waals surface area contributed by atoms with Crippen LogP contribution < -0.4 is 20.1 Å². The number of hydrogen-bond acceptors (Lipinski definition) is 5. The van der Waals surface area contributed by atoms with Gasteiger partial charge in [-0.1, -0.05) is 6.92 Å². The van der Waals surface area contributed by atoms with Crippen LogP contribution in [-0.2, 0) is 0 Å². The molecular weight excluding hydrogens is 469 g/mol. The lowest BCUT2D eigenvalue weighted by Gasteiger charge is -2.37. The first kappa shape index (κ1) is 24.8. The number of aliphatic imine (C=N–C) groups is 1. The summed E-state index contributed by atoms with van der Waals surface area (Å²) in [5.41, 5.74) is 0.913. The molecule has 0 aromatic heterocycles. The number of anilines is 1. The lowest BCUT2D eigenvalue weighted by molar-refractivity contribution is 0.107. The second-order valence-corrected chi connectivity index (χ2v) is 6.70. The normalized spacial score (nSPS) is 16.8. The fraction of sp³-hybridized carbons (Fsp3) is 0.650. The van der Waals surface area contributed by atoms with Gasteiger partial charge in [-0.15, -0.1) is 24.0 Å². The van der Waals surface area contributed by atoms with Crippen LogP contribution in [0.4, 0.5) is 5.69 Å². The Morgan fingerprint density at radius 3 is 2.46 bits per heavy atom. The summed E-state index contributed by atoms with van der Waals surface area (Å²) >= 11 is 0. The molecule has 1 fully saturated rings. The van der Waals surface area contributed by atoms with Gasteiger partial charge in [0.25, 0.3) is 0 Å². The minimum absolute atomic E-state index is 0. The van der Waals surface area contributed by atoms with Gasteiger partial charge in [-0.05, 0) is 32.5 Å². The van der Waals surface area contributed by atoms with Crippen LogP contribution in [-0.4, -0.2) is 81.8 Å². The van der Waals surface area contributed by atoms with Crippen molar-refractivity contribution >= 4 is 35.6 Å². The number of ether oxygens (including phenoxy) is 2. The maximum absolute atomic E-state index is 5.64. The second kappa shape index (κ2) is 13.1. The number of methoxy groups -OCH3 is 1. The lowest BCUT2D eigenvalue weighted by atomic mass is 10.2. The Morgan fingerprint density at radius 1 is 1.18 bits per heavy atom. The first-order valence-corrected chi connectivity index (χ1v) is 9.86. The molecule has 160 valence electrons. The third-order valence-electron chi connectivity index (χ3n) is 4.99. The summed E-state index contributed by atoms with van der Waals surface area (Å²) in [4.78, 5) is 9.37. The van der Waals surface area contributed by atoms with Crippen LogP contribution in [0, 0.1) is 0 Å². The van der Waals surface area contributed by atoms with Crippen molar-refractivity contribution in [3.63, 3.8) is 0 Å². The number of piperazine rings is 1. The van der Waals surface area contributed by atoms with E-state index in [0.29, 0.717) is 12.6 Å². The van der Waals surface area contributed by atoms with Crippen molar-refractivity contribution in [2.75, 3.05) is 65.3 Å². The van der Waals surface area contributed by atoms with Gasteiger partial charge in [0, 0.05) is 57.6 Å². The van der Waals surface area contributed by atoms with Crippen molar-refractivity contribution < 1.29 is 9.47 Å². The van der Waals surface area contributed by atoms with Gasteiger partial charge in [-0.25, -0.2) is 0 Å². The van der Waals surface area contributed by atoms with Crippen LogP contribution in [0.3, 0.4) is 0 Å². The second-order valence-electron chi connectivity index (χ2n) is 6.70. The van der Waals surface area contributed by atoms with E-state index in [9.17, 15) is 0 Å². The summed E-state index contributed by atoms with van der Waals surface area (Å²) in [5.74, 6) is 2.20. The summed E-state index contributed by atoms with van der Waals surface area (Å²) in [6, 6.07) is 6.25. The van der Waals surface area contributed by atoms with Crippen LogP contribution >= 0.6 is 24.0 Å². The van der Waals surface area contributed by atoms with Crippen LogP contribution in [0.15, 0.2) is 23.2 Å². The number of likely N-dealkylation sites (N-methyl/N-ethyl adjacent to an activating group) is 1. The van der Waals surface area contributed by atoms with E-state index in [1.165, 1.54) is 0 Å². The summed E-state index contributed by atoms with van der Waals surface area (Å²) in [6.07, 6.45) is 0. The van der Waals surface area contributed by atoms with Gasteiger partial charge in [-0.2, -0.15) is 0 Å². The molecular formula is C20H36IN5O2. The Bertz CT molecular complexity index is 606. The lowest BCUT2D eigenvalue weighted by Crippen LogP contribution is -2.52. The number of hydrogen-bond donors (Lipinski definition) is 2. The predicted octanol–water partition coefficient (Wildman–Crippen LogP) is 2.73. The molecule has 1 heterocycles. The standard InChI is InChI=1S/C20H35N5O2.HI/c1-6-24-10-12-25(13-11-24)16(3)15-22-20(21-4)23-17-8-9-18(26-5)19(14-17)27-7-2;/h8-9,14,16H,6-7,10-13,15H2,1-5H3,(H2,21,22,23);1H. The molecule has 8 heteroatoms. The summed E-state index contributed by atoms with van der Waals surface area (Å²) < 4.78 is 11.0. The largest absolute Gasteiger partial charge is 0.493 e. The average molecular weight is 505 g/mol. The zero-order chi connectivity index (χ0) is 19.6. The highest BCUT2D eigenvalue weighted by Crippen LogP contribution is 2.30. The summed E-state index contributed by atoms with van der Waals surface area (Å²) in [7, 11) is 3.43. The number of benzene rings is 1. The number of halogens is 1. The maximum Gasteiger partial charge on any atom is 0.195 e. The third kappa shape index (κ3) is 7.29. The van der Waals surface area contributed by atoms with E-state index in [0.717, 1.165) is 62.4 Å². The Labute approximate surface area is 186 Å². The summed E-state index contributed by atoms with van der Waals surface area (Å²) in [6.45, 7) is 13.6. The Balaban J connectivity index is 0.00000392. The minimum Gasteiger partial charge on any atom is -0.493 e. The van der Waals surface area contributed by atoms with E-state index in [1.54, 1.807) is 14.2 Å². The van der Waals surface area contributed by atoms with Gasteiger partial charge >= 0.3 is 0 Å². The fourth-order valence-corrected chi connectivity index (χ4v) is 3.23.